The lowest BCUT2D eigenvalue weighted by molar-refractivity contribution is -0.177. The molecule has 1 amide bonds. The fourth-order valence-electron chi connectivity index (χ4n) is 7.37. The first-order chi connectivity index (χ1) is 17.1. The van der Waals surface area contributed by atoms with E-state index in [4.69, 9.17) is 16.3 Å². The molecule has 0 spiro atoms. The normalized spacial score (nSPS) is 32.9. The zero-order chi connectivity index (χ0) is 29.3. The van der Waals surface area contributed by atoms with Crippen LogP contribution in [0.3, 0.4) is 0 Å². The Labute approximate surface area is 233 Å². The van der Waals surface area contributed by atoms with Gasteiger partial charge in [0.25, 0.3) is 0 Å². The van der Waals surface area contributed by atoms with Gasteiger partial charge in [-0.2, -0.15) is 0 Å². The molecule has 1 aromatic rings. The average Bonchev–Trinajstić information content (AvgIpc) is 3.38. The van der Waals surface area contributed by atoms with Crippen molar-refractivity contribution in [3.8, 4) is 0 Å². The Balaban J connectivity index is 2.37. The van der Waals surface area contributed by atoms with Crippen LogP contribution in [0.2, 0.25) is 5.02 Å². The van der Waals surface area contributed by atoms with Crippen molar-refractivity contribution in [2.75, 3.05) is 5.75 Å². The molecule has 0 radical (unpaired) electrons. The molecule has 2 aliphatic carbocycles. The first-order valence-corrected chi connectivity index (χ1v) is 14.0. The maximum Gasteiger partial charge on any atom is 0.408 e. The van der Waals surface area contributed by atoms with Crippen molar-refractivity contribution in [2.24, 2.45) is 33.5 Å². The summed E-state index contributed by atoms with van der Waals surface area (Å²) in [4.78, 5) is 40.5. The molecule has 2 saturated carbocycles. The third kappa shape index (κ3) is 4.20. The number of ether oxygens (including phenoxy) is 1. The predicted octanol–water partition coefficient (Wildman–Crippen LogP) is 5.55. The number of carboxylic acids is 2. The monoisotopic (exact) mass is 569 g/mol. The van der Waals surface area contributed by atoms with Crippen LogP contribution in [0.4, 0.5) is 4.79 Å². The smallest absolute Gasteiger partial charge is 0.408 e. The zero-order valence-electron chi connectivity index (χ0n) is 23.5. The first kappa shape index (κ1) is 30.6. The van der Waals surface area contributed by atoms with Crippen molar-refractivity contribution in [1.82, 2.24) is 5.32 Å². The van der Waals surface area contributed by atoms with E-state index in [1.165, 1.54) is 11.8 Å². The SMILES string of the molecule is CC(C)(C)OC(=O)N[C@]1(C(=O)O)[C@@]2(C(C)(C)C)[C@@H]([C@H]2C(=O)O)[C@H](O)[C@]1(CSc1cccc(Cl)c1)C(C)(C)C. The molecule has 212 valence electrons. The van der Waals surface area contributed by atoms with E-state index >= 15 is 0 Å². The van der Waals surface area contributed by atoms with Gasteiger partial charge in [-0.15, -0.1) is 11.8 Å². The topological polar surface area (TPSA) is 133 Å². The van der Waals surface area contributed by atoms with Gasteiger partial charge in [0, 0.05) is 32.4 Å². The first-order valence-electron chi connectivity index (χ1n) is 12.7. The van der Waals surface area contributed by atoms with Gasteiger partial charge < -0.3 is 25.4 Å². The third-order valence-electron chi connectivity index (χ3n) is 8.52. The van der Waals surface area contributed by atoms with E-state index in [9.17, 15) is 29.7 Å². The number of hydrogen-bond acceptors (Lipinski definition) is 6. The summed E-state index contributed by atoms with van der Waals surface area (Å²) in [5.74, 6) is -4.63. The van der Waals surface area contributed by atoms with Crippen LogP contribution in [0, 0.1) is 33.5 Å². The number of amides is 1. The van der Waals surface area contributed by atoms with E-state index in [0.717, 1.165) is 4.90 Å². The van der Waals surface area contributed by atoms with Gasteiger partial charge in [0.05, 0.1) is 12.0 Å². The minimum Gasteiger partial charge on any atom is -0.481 e. The molecule has 3 rings (SSSR count). The second kappa shape index (κ2) is 9.30. The number of carbonyl (C=O) groups is 3. The van der Waals surface area contributed by atoms with Gasteiger partial charge in [-0.25, -0.2) is 9.59 Å². The van der Waals surface area contributed by atoms with Crippen molar-refractivity contribution in [2.45, 2.75) is 84.5 Å². The Morgan fingerprint density at radius 2 is 1.61 bits per heavy atom. The molecule has 2 aliphatic rings. The van der Waals surface area contributed by atoms with Crippen LogP contribution in [-0.2, 0) is 14.3 Å². The lowest BCUT2D eigenvalue weighted by Crippen LogP contribution is -2.76. The van der Waals surface area contributed by atoms with Crippen molar-refractivity contribution < 1.29 is 34.4 Å². The highest BCUT2D eigenvalue weighted by atomic mass is 35.5. The maximum absolute atomic E-state index is 13.8. The van der Waals surface area contributed by atoms with Crippen LogP contribution in [-0.4, -0.2) is 56.3 Å². The number of nitrogens with one attached hydrogen (secondary N) is 1. The number of carboxylic acid groups (broad SMARTS) is 2. The molecule has 2 fully saturated rings. The van der Waals surface area contributed by atoms with E-state index in [0.29, 0.717) is 5.02 Å². The van der Waals surface area contributed by atoms with Gasteiger partial charge in [0.15, 0.2) is 5.54 Å². The number of fused-ring (bicyclic) bond motifs is 1. The van der Waals surface area contributed by atoms with E-state index < -0.39 is 68.8 Å². The number of benzene rings is 1. The number of halogens is 1. The van der Waals surface area contributed by atoms with E-state index in [1.807, 2.05) is 26.8 Å². The molecule has 0 bridgehead atoms. The third-order valence-corrected chi connectivity index (χ3v) is 9.94. The molecular weight excluding hydrogens is 530 g/mol. The van der Waals surface area contributed by atoms with Crippen LogP contribution in [0.15, 0.2) is 29.2 Å². The summed E-state index contributed by atoms with van der Waals surface area (Å²) < 4.78 is 5.55. The molecule has 10 heteroatoms. The minimum absolute atomic E-state index is 0.0702. The number of thioether (sulfide) groups is 1. The summed E-state index contributed by atoms with van der Waals surface area (Å²) in [6.45, 7) is 15.8. The number of hydrogen-bond donors (Lipinski definition) is 4. The van der Waals surface area contributed by atoms with Crippen LogP contribution >= 0.6 is 23.4 Å². The number of rotatable bonds is 6. The fraction of sp³-hybridized carbons (Fsp3) is 0.679. The molecular formula is C28H40ClNO7S. The molecule has 4 N–H and O–H groups in total. The van der Waals surface area contributed by atoms with Crippen LogP contribution in [0.5, 0.6) is 0 Å². The van der Waals surface area contributed by atoms with Gasteiger partial charge in [-0.3, -0.25) is 4.79 Å². The molecule has 38 heavy (non-hydrogen) atoms. The largest absolute Gasteiger partial charge is 0.481 e. The number of aliphatic carboxylic acids is 2. The highest BCUT2D eigenvalue weighted by Crippen LogP contribution is 2.85. The standard InChI is InChI=1S/C28H40ClNO7S/c1-23(2,3)26(14-38-16-12-10-11-15(29)13-16)19(31)17-18(20(32)33)27(17,24(4,5)6)28(26,21(34)35)30-22(36)37-25(7,8)9/h10-13,17-19,31H,14H2,1-9H3,(H,30,36)(H,32,33)(H,34,35)/t17-,18-,19-,26+,27-,28-/m0/s1. The van der Waals surface area contributed by atoms with E-state index in [1.54, 1.807) is 59.7 Å². The van der Waals surface area contributed by atoms with Crippen molar-refractivity contribution in [3.63, 3.8) is 0 Å². The zero-order valence-corrected chi connectivity index (χ0v) is 25.1. The van der Waals surface area contributed by atoms with Crippen LogP contribution in [0.1, 0.15) is 62.3 Å². The maximum atomic E-state index is 13.8. The van der Waals surface area contributed by atoms with Crippen molar-refractivity contribution in [3.05, 3.63) is 29.3 Å². The molecule has 6 atom stereocenters. The van der Waals surface area contributed by atoms with Gasteiger partial charge >= 0.3 is 18.0 Å². The summed E-state index contributed by atoms with van der Waals surface area (Å²) in [6.07, 6.45) is -2.34. The predicted molar refractivity (Wildman–Crippen MR) is 146 cm³/mol. The molecule has 0 aliphatic heterocycles. The average molecular weight is 570 g/mol. The summed E-state index contributed by atoms with van der Waals surface area (Å²) in [7, 11) is 0. The van der Waals surface area contributed by atoms with E-state index in [-0.39, 0.29) is 5.75 Å². The highest BCUT2D eigenvalue weighted by Gasteiger charge is 2.96. The van der Waals surface area contributed by atoms with E-state index in [2.05, 4.69) is 5.32 Å². The van der Waals surface area contributed by atoms with Crippen LogP contribution < -0.4 is 5.32 Å². The lowest BCUT2D eigenvalue weighted by Gasteiger charge is -2.58. The van der Waals surface area contributed by atoms with Gasteiger partial charge in [0.1, 0.15) is 5.60 Å². The molecule has 8 nitrogen and oxygen atoms in total. The van der Waals surface area contributed by atoms with Gasteiger partial charge in [-0.1, -0.05) is 59.2 Å². The Morgan fingerprint density at radius 3 is 2.03 bits per heavy atom. The number of aliphatic hydroxyl groups is 1. The number of alkyl carbamates (subject to hydrolysis) is 1. The summed E-state index contributed by atoms with van der Waals surface area (Å²) in [5.41, 5.74) is -8.03. The number of carbonyl (C=O) groups excluding carboxylic acids is 1. The second-order valence-corrected chi connectivity index (χ2v) is 15.0. The Kier molecular flexibility index (Phi) is 7.48. The van der Waals surface area contributed by atoms with Crippen molar-refractivity contribution >= 4 is 41.4 Å². The summed E-state index contributed by atoms with van der Waals surface area (Å²) in [5, 5.41) is 36.8. The molecule has 0 unspecified atom stereocenters. The molecule has 1 aromatic carbocycles. The second-order valence-electron chi connectivity index (χ2n) is 13.6. The minimum atomic E-state index is -2.20. The summed E-state index contributed by atoms with van der Waals surface area (Å²) >= 11 is 7.52. The Hall–Kier alpha value is -1.97. The highest BCUT2D eigenvalue weighted by molar-refractivity contribution is 7.99. The van der Waals surface area contributed by atoms with Gasteiger partial charge in [-0.05, 0) is 49.8 Å². The molecule has 0 saturated heterocycles. The quantitative estimate of drug-likeness (QED) is 0.328. The van der Waals surface area contributed by atoms with Gasteiger partial charge in [0.2, 0.25) is 0 Å². The Morgan fingerprint density at radius 1 is 1.03 bits per heavy atom. The van der Waals surface area contributed by atoms with Crippen LogP contribution in [0.25, 0.3) is 0 Å². The summed E-state index contributed by atoms with van der Waals surface area (Å²) in [6, 6.07) is 7.08. The fourth-order valence-corrected chi connectivity index (χ4v) is 9.22. The molecule has 0 heterocycles. The molecule has 0 aromatic heterocycles. The lowest BCUT2D eigenvalue weighted by atomic mass is 9.49. The van der Waals surface area contributed by atoms with Crippen molar-refractivity contribution in [1.29, 1.82) is 0 Å². The Bertz CT molecular complexity index is 1140. The number of aliphatic hydroxyl groups excluding tert-OH is 1.